The summed E-state index contributed by atoms with van der Waals surface area (Å²) in [6.07, 6.45) is 4.20. The molecule has 1 atom stereocenters. The minimum atomic E-state index is -0.0473. The van der Waals surface area contributed by atoms with E-state index in [9.17, 15) is 4.79 Å². The number of amides is 1. The van der Waals surface area contributed by atoms with Crippen LogP contribution in [-0.2, 0) is 0 Å². The average Bonchev–Trinajstić information content (AvgIpc) is 2.98. The number of anilines is 1. The van der Waals surface area contributed by atoms with Crippen molar-refractivity contribution in [2.75, 3.05) is 32.0 Å². The van der Waals surface area contributed by atoms with Gasteiger partial charge in [0.2, 0.25) is 0 Å². The van der Waals surface area contributed by atoms with Crippen molar-refractivity contribution in [3.63, 3.8) is 0 Å². The molecule has 5 rings (SSSR count). The van der Waals surface area contributed by atoms with E-state index in [0.29, 0.717) is 11.6 Å². The normalized spacial score (nSPS) is 27.0. The Bertz CT molecular complexity index is 705. The van der Waals surface area contributed by atoms with Gasteiger partial charge < -0.3 is 15.5 Å². The number of fused-ring (bicyclic) bond motifs is 4. The highest BCUT2D eigenvalue weighted by molar-refractivity contribution is 7.17. The van der Waals surface area contributed by atoms with Crippen LogP contribution in [0.5, 0.6) is 0 Å². The summed E-state index contributed by atoms with van der Waals surface area (Å²) in [6, 6.07) is 2.17. The van der Waals surface area contributed by atoms with Crippen LogP contribution in [0.15, 0.2) is 17.6 Å². The molecule has 3 aliphatic heterocycles. The lowest BCUT2D eigenvalue weighted by atomic mass is 9.84. The zero-order chi connectivity index (χ0) is 15.1. The Labute approximate surface area is 133 Å². The summed E-state index contributed by atoms with van der Waals surface area (Å²) in [6.45, 7) is 3.35. The second-order valence-corrected chi connectivity index (χ2v) is 7.09. The third-order valence-corrected chi connectivity index (χ3v) is 5.87. The summed E-state index contributed by atoms with van der Waals surface area (Å²) >= 11 is 1.64. The van der Waals surface area contributed by atoms with Crippen molar-refractivity contribution in [3.05, 3.63) is 23.3 Å². The Morgan fingerprint density at radius 2 is 2.23 bits per heavy atom. The number of thiophene rings is 1. The maximum atomic E-state index is 12.5. The zero-order valence-corrected chi connectivity index (χ0v) is 13.4. The summed E-state index contributed by atoms with van der Waals surface area (Å²) in [5, 5.41) is 9.49. The Morgan fingerprint density at radius 1 is 1.41 bits per heavy atom. The fourth-order valence-corrected chi connectivity index (χ4v) is 4.52. The number of aromatic nitrogens is 1. The Balaban J connectivity index is 1.55. The van der Waals surface area contributed by atoms with E-state index < -0.39 is 0 Å². The molecule has 3 saturated heterocycles. The fourth-order valence-electron chi connectivity index (χ4n) is 3.62. The first-order chi connectivity index (χ1) is 10.7. The van der Waals surface area contributed by atoms with Gasteiger partial charge in [0.05, 0.1) is 10.4 Å². The van der Waals surface area contributed by atoms with E-state index in [2.05, 4.69) is 25.9 Å². The van der Waals surface area contributed by atoms with E-state index in [1.807, 2.05) is 13.1 Å². The molecule has 0 unspecified atom stereocenters. The van der Waals surface area contributed by atoms with Crippen molar-refractivity contribution in [3.8, 4) is 0 Å². The Morgan fingerprint density at radius 3 is 2.91 bits per heavy atom. The maximum Gasteiger partial charge on any atom is 0.270 e. The van der Waals surface area contributed by atoms with Gasteiger partial charge in [0.25, 0.3) is 5.91 Å². The number of carbonyl (C=O) groups is 1. The van der Waals surface area contributed by atoms with Gasteiger partial charge in [-0.25, -0.2) is 4.98 Å². The van der Waals surface area contributed by atoms with Crippen molar-refractivity contribution in [1.82, 2.24) is 15.2 Å². The Hall–Kier alpha value is -1.66. The molecule has 22 heavy (non-hydrogen) atoms. The number of hydrogen-bond donors (Lipinski definition) is 2. The molecule has 0 saturated carbocycles. The quantitative estimate of drug-likeness (QED) is 0.911. The molecule has 0 radical (unpaired) electrons. The first kappa shape index (κ1) is 14.0. The third-order valence-electron chi connectivity index (χ3n) is 4.94. The van der Waals surface area contributed by atoms with Crippen molar-refractivity contribution in [2.45, 2.75) is 18.9 Å². The van der Waals surface area contributed by atoms with Gasteiger partial charge in [-0.15, -0.1) is 11.3 Å². The number of nitrogens with one attached hydrogen (secondary N) is 2. The minimum Gasteiger partial charge on any atom is -0.387 e. The molecule has 5 heterocycles. The van der Waals surface area contributed by atoms with Crippen LogP contribution in [0, 0.1) is 5.92 Å². The van der Waals surface area contributed by atoms with Gasteiger partial charge in [0, 0.05) is 36.6 Å². The largest absolute Gasteiger partial charge is 0.387 e. The molecule has 5 nitrogen and oxygen atoms in total. The van der Waals surface area contributed by atoms with Gasteiger partial charge in [-0.3, -0.25) is 4.79 Å². The molecule has 2 aromatic heterocycles. The van der Waals surface area contributed by atoms with Gasteiger partial charge in [-0.05, 0) is 37.9 Å². The van der Waals surface area contributed by atoms with Gasteiger partial charge in [-0.2, -0.15) is 0 Å². The van der Waals surface area contributed by atoms with Gasteiger partial charge >= 0.3 is 0 Å². The van der Waals surface area contributed by atoms with E-state index in [0.717, 1.165) is 22.3 Å². The highest BCUT2D eigenvalue weighted by Crippen LogP contribution is 2.30. The van der Waals surface area contributed by atoms with Gasteiger partial charge in [0.1, 0.15) is 5.69 Å². The zero-order valence-electron chi connectivity index (χ0n) is 12.6. The van der Waals surface area contributed by atoms with E-state index in [4.69, 9.17) is 0 Å². The lowest BCUT2D eigenvalue weighted by Gasteiger charge is -2.44. The summed E-state index contributed by atoms with van der Waals surface area (Å²) in [4.78, 5) is 19.3. The van der Waals surface area contributed by atoms with Crippen LogP contribution in [0.4, 0.5) is 5.69 Å². The average molecular weight is 316 g/mol. The number of carbonyl (C=O) groups excluding carboxylic acids is 1. The van der Waals surface area contributed by atoms with Crippen LogP contribution in [0.25, 0.3) is 10.1 Å². The molecule has 2 bridgehead atoms. The van der Waals surface area contributed by atoms with Crippen LogP contribution in [0.1, 0.15) is 23.3 Å². The predicted octanol–water partition coefficient (Wildman–Crippen LogP) is 2.16. The third kappa shape index (κ3) is 2.36. The summed E-state index contributed by atoms with van der Waals surface area (Å²) in [5.41, 5.74) is 1.57. The highest BCUT2D eigenvalue weighted by Gasteiger charge is 2.35. The molecule has 0 spiro atoms. The number of piperidine rings is 3. The van der Waals surface area contributed by atoms with Gasteiger partial charge in [-0.1, -0.05) is 0 Å². The van der Waals surface area contributed by atoms with E-state index in [-0.39, 0.29) is 11.9 Å². The molecule has 116 valence electrons. The lowest BCUT2D eigenvalue weighted by Crippen LogP contribution is -2.57. The van der Waals surface area contributed by atoms with Crippen LogP contribution in [-0.4, -0.2) is 48.5 Å². The number of nitrogens with zero attached hydrogens (tertiary/aromatic N) is 2. The SMILES string of the molecule is CNc1csc2cnc(C(=O)N[C@H]3CN4CCC3CC4)cc12. The summed E-state index contributed by atoms with van der Waals surface area (Å²) in [5.74, 6) is 0.584. The molecule has 6 heteroatoms. The van der Waals surface area contributed by atoms with Crippen LogP contribution in [0.3, 0.4) is 0 Å². The topological polar surface area (TPSA) is 57.3 Å². The molecule has 3 aliphatic rings. The van der Waals surface area contributed by atoms with Crippen LogP contribution < -0.4 is 10.6 Å². The molecular weight excluding hydrogens is 296 g/mol. The number of hydrogen-bond acceptors (Lipinski definition) is 5. The molecule has 1 amide bonds. The van der Waals surface area contributed by atoms with E-state index in [1.54, 1.807) is 17.5 Å². The van der Waals surface area contributed by atoms with E-state index >= 15 is 0 Å². The van der Waals surface area contributed by atoms with Crippen molar-refractivity contribution >= 4 is 33.0 Å². The molecule has 0 aliphatic carbocycles. The second kappa shape index (κ2) is 5.52. The lowest BCUT2D eigenvalue weighted by molar-refractivity contribution is 0.0618. The number of pyridine rings is 1. The van der Waals surface area contributed by atoms with Crippen LogP contribution in [0.2, 0.25) is 0 Å². The highest BCUT2D eigenvalue weighted by atomic mass is 32.1. The molecule has 2 N–H and O–H groups in total. The molecular formula is C16H20N4OS. The molecule has 2 aromatic rings. The fraction of sp³-hybridized carbons (Fsp3) is 0.500. The second-order valence-electron chi connectivity index (χ2n) is 6.18. The maximum absolute atomic E-state index is 12.5. The van der Waals surface area contributed by atoms with Gasteiger partial charge in [0.15, 0.2) is 0 Å². The minimum absolute atomic E-state index is 0.0473. The summed E-state index contributed by atoms with van der Waals surface area (Å²) < 4.78 is 1.10. The standard InChI is InChI=1S/C16H20N4OS/c1-17-14-9-22-15-7-18-12(6-11(14)15)16(21)19-13-8-20-4-2-10(13)3-5-20/h6-7,9-10,13,17H,2-5,8H2,1H3,(H,19,21)/t13-/m0/s1. The molecule has 3 fully saturated rings. The first-order valence-electron chi connectivity index (χ1n) is 7.83. The number of rotatable bonds is 3. The van der Waals surface area contributed by atoms with Crippen molar-refractivity contribution < 1.29 is 4.79 Å². The monoisotopic (exact) mass is 316 g/mol. The smallest absolute Gasteiger partial charge is 0.270 e. The van der Waals surface area contributed by atoms with E-state index in [1.165, 1.54) is 25.9 Å². The molecule has 0 aromatic carbocycles. The van der Waals surface area contributed by atoms with Crippen molar-refractivity contribution in [1.29, 1.82) is 0 Å². The summed E-state index contributed by atoms with van der Waals surface area (Å²) in [7, 11) is 1.90. The van der Waals surface area contributed by atoms with Crippen LogP contribution >= 0.6 is 11.3 Å². The predicted molar refractivity (Wildman–Crippen MR) is 89.6 cm³/mol. The van der Waals surface area contributed by atoms with Crippen molar-refractivity contribution in [2.24, 2.45) is 5.92 Å². The first-order valence-corrected chi connectivity index (χ1v) is 8.71. The Kier molecular flexibility index (Phi) is 3.50.